The number of aromatic amines is 1. The van der Waals surface area contributed by atoms with Crippen molar-refractivity contribution in [2.24, 2.45) is 0 Å². The summed E-state index contributed by atoms with van der Waals surface area (Å²) in [6, 6.07) is 19.7. The highest BCUT2D eigenvalue weighted by atomic mass is 32.2. The molecule has 8 heteroatoms. The van der Waals surface area contributed by atoms with Gasteiger partial charge in [0.25, 0.3) is 0 Å². The molecule has 0 atom stereocenters. The van der Waals surface area contributed by atoms with E-state index in [0.717, 1.165) is 28.1 Å². The Morgan fingerprint density at radius 2 is 1.88 bits per heavy atom. The van der Waals surface area contributed by atoms with Gasteiger partial charge in [0, 0.05) is 6.42 Å². The van der Waals surface area contributed by atoms with Crippen LogP contribution in [0.4, 0.5) is 0 Å². The lowest BCUT2D eigenvalue weighted by molar-refractivity contribution is -0.131. The standard InChI is InChI=1S/C26H25N3O4S/c1-3-24-27-26(29-28-24)34-23(25(30)31)15-17-12-13-21(22(14-17)32-4-2)33-16-19-10-7-9-18-8-5-6-11-20(18)19/h5-15H,3-4,16H2,1-2H3,(H,30,31)(H,27,28,29)/b23-15-. The predicted octanol–water partition coefficient (Wildman–Crippen LogP) is 5.72. The Hall–Kier alpha value is -3.78. The molecule has 0 aliphatic heterocycles. The maximum atomic E-state index is 11.8. The summed E-state index contributed by atoms with van der Waals surface area (Å²) in [7, 11) is 0. The van der Waals surface area contributed by atoms with Crippen LogP contribution >= 0.6 is 11.8 Å². The molecule has 34 heavy (non-hydrogen) atoms. The average molecular weight is 476 g/mol. The molecule has 0 aliphatic rings. The number of aromatic nitrogens is 3. The molecular weight excluding hydrogens is 450 g/mol. The highest BCUT2D eigenvalue weighted by Crippen LogP contribution is 2.33. The third-order valence-electron chi connectivity index (χ3n) is 5.09. The van der Waals surface area contributed by atoms with Gasteiger partial charge in [-0.15, -0.1) is 5.10 Å². The third-order valence-corrected chi connectivity index (χ3v) is 5.96. The molecule has 4 rings (SSSR count). The van der Waals surface area contributed by atoms with Crippen LogP contribution in [0.3, 0.4) is 0 Å². The first kappa shape index (κ1) is 23.4. The van der Waals surface area contributed by atoms with E-state index in [4.69, 9.17) is 9.47 Å². The molecule has 0 radical (unpaired) electrons. The molecule has 0 bridgehead atoms. The number of nitrogens with zero attached hydrogens (tertiary/aromatic N) is 2. The molecule has 0 amide bonds. The summed E-state index contributed by atoms with van der Waals surface area (Å²) in [6.45, 7) is 4.68. The molecule has 4 aromatic rings. The van der Waals surface area contributed by atoms with Crippen molar-refractivity contribution in [2.45, 2.75) is 32.0 Å². The third kappa shape index (κ3) is 5.58. The van der Waals surface area contributed by atoms with Crippen molar-refractivity contribution in [1.29, 1.82) is 0 Å². The van der Waals surface area contributed by atoms with E-state index in [1.54, 1.807) is 24.3 Å². The van der Waals surface area contributed by atoms with E-state index in [2.05, 4.69) is 33.4 Å². The van der Waals surface area contributed by atoms with Gasteiger partial charge in [-0.1, -0.05) is 55.5 Å². The van der Waals surface area contributed by atoms with Crippen LogP contribution in [-0.2, 0) is 17.8 Å². The number of thioether (sulfide) groups is 1. The van der Waals surface area contributed by atoms with Gasteiger partial charge < -0.3 is 14.6 Å². The summed E-state index contributed by atoms with van der Waals surface area (Å²) >= 11 is 0.996. The van der Waals surface area contributed by atoms with Crippen molar-refractivity contribution in [2.75, 3.05) is 6.61 Å². The van der Waals surface area contributed by atoms with E-state index in [0.29, 0.717) is 47.7 Å². The van der Waals surface area contributed by atoms with Gasteiger partial charge in [-0.05, 0) is 58.8 Å². The lowest BCUT2D eigenvalue weighted by Crippen LogP contribution is -2.01. The molecule has 7 nitrogen and oxygen atoms in total. The molecule has 1 aromatic heterocycles. The first-order valence-electron chi connectivity index (χ1n) is 11.0. The lowest BCUT2D eigenvalue weighted by Gasteiger charge is -2.14. The van der Waals surface area contributed by atoms with Gasteiger partial charge in [-0.3, -0.25) is 5.10 Å². The van der Waals surface area contributed by atoms with Crippen molar-refractivity contribution < 1.29 is 19.4 Å². The molecule has 0 spiro atoms. The zero-order chi connectivity index (χ0) is 23.9. The zero-order valence-electron chi connectivity index (χ0n) is 18.9. The van der Waals surface area contributed by atoms with Crippen molar-refractivity contribution in [3.63, 3.8) is 0 Å². The Kier molecular flexibility index (Phi) is 7.49. The summed E-state index contributed by atoms with van der Waals surface area (Å²) in [5, 5.41) is 19.2. The fourth-order valence-electron chi connectivity index (χ4n) is 3.44. The summed E-state index contributed by atoms with van der Waals surface area (Å²) in [5.41, 5.74) is 1.75. The van der Waals surface area contributed by atoms with Gasteiger partial charge in [0.15, 0.2) is 11.5 Å². The summed E-state index contributed by atoms with van der Waals surface area (Å²) < 4.78 is 11.9. The second-order valence-corrected chi connectivity index (χ2v) is 8.41. The fraction of sp³-hybridized carbons (Fsp3) is 0.192. The predicted molar refractivity (Wildman–Crippen MR) is 133 cm³/mol. The Bertz CT molecular complexity index is 1330. The topological polar surface area (TPSA) is 97.3 Å². The maximum absolute atomic E-state index is 11.8. The van der Waals surface area contributed by atoms with Crippen LogP contribution in [0, 0.1) is 0 Å². The van der Waals surface area contributed by atoms with Gasteiger partial charge in [0.1, 0.15) is 17.3 Å². The first-order chi connectivity index (χ1) is 16.6. The monoisotopic (exact) mass is 475 g/mol. The molecular formula is C26H25N3O4S. The number of aliphatic carboxylic acids is 1. The molecule has 0 unspecified atom stereocenters. The number of carbonyl (C=O) groups is 1. The molecule has 0 saturated heterocycles. The quantitative estimate of drug-likeness (QED) is 0.224. The smallest absolute Gasteiger partial charge is 0.342 e. The summed E-state index contributed by atoms with van der Waals surface area (Å²) in [5.74, 6) is 0.802. The van der Waals surface area contributed by atoms with E-state index in [-0.39, 0.29) is 4.91 Å². The second-order valence-electron chi connectivity index (χ2n) is 7.40. The largest absolute Gasteiger partial charge is 0.490 e. The van der Waals surface area contributed by atoms with E-state index < -0.39 is 5.97 Å². The minimum absolute atomic E-state index is 0.105. The number of carboxylic acids is 1. The number of hydrogen-bond donors (Lipinski definition) is 2. The highest BCUT2D eigenvalue weighted by molar-refractivity contribution is 8.04. The van der Waals surface area contributed by atoms with E-state index in [1.165, 1.54) is 0 Å². The molecule has 174 valence electrons. The Morgan fingerprint density at radius 3 is 2.65 bits per heavy atom. The van der Waals surface area contributed by atoms with Crippen molar-refractivity contribution in [1.82, 2.24) is 15.2 Å². The summed E-state index contributed by atoms with van der Waals surface area (Å²) in [6.07, 6.45) is 2.27. The van der Waals surface area contributed by atoms with Crippen molar-refractivity contribution in [3.05, 3.63) is 82.5 Å². The average Bonchev–Trinajstić information content (AvgIpc) is 3.31. The zero-order valence-corrected chi connectivity index (χ0v) is 19.8. The van der Waals surface area contributed by atoms with E-state index >= 15 is 0 Å². The van der Waals surface area contributed by atoms with E-state index in [9.17, 15) is 9.90 Å². The molecule has 3 aromatic carbocycles. The van der Waals surface area contributed by atoms with Crippen LogP contribution in [0.25, 0.3) is 16.8 Å². The molecule has 0 aliphatic carbocycles. The number of hydrogen-bond acceptors (Lipinski definition) is 6. The molecule has 2 N–H and O–H groups in total. The normalized spacial score (nSPS) is 11.5. The molecule has 0 saturated carbocycles. The maximum Gasteiger partial charge on any atom is 0.342 e. The number of carboxylic acid groups (broad SMARTS) is 1. The van der Waals surface area contributed by atoms with Gasteiger partial charge in [0.2, 0.25) is 5.16 Å². The van der Waals surface area contributed by atoms with Crippen LogP contribution < -0.4 is 9.47 Å². The molecule has 0 fully saturated rings. The van der Waals surface area contributed by atoms with Crippen LogP contribution in [0.1, 0.15) is 30.8 Å². The Labute approximate surface area is 201 Å². The minimum atomic E-state index is -1.05. The van der Waals surface area contributed by atoms with Gasteiger partial charge >= 0.3 is 5.97 Å². The SMILES string of the molecule is CCOc1cc(/C=C(\Sc2n[nH]c(CC)n2)C(=O)O)ccc1OCc1cccc2ccccc12. The van der Waals surface area contributed by atoms with Crippen LogP contribution in [0.2, 0.25) is 0 Å². The van der Waals surface area contributed by atoms with Crippen molar-refractivity contribution in [3.8, 4) is 11.5 Å². The number of benzene rings is 3. The van der Waals surface area contributed by atoms with Crippen LogP contribution in [0.15, 0.2) is 70.7 Å². The lowest BCUT2D eigenvalue weighted by atomic mass is 10.1. The Morgan fingerprint density at radius 1 is 1.06 bits per heavy atom. The van der Waals surface area contributed by atoms with Crippen LogP contribution in [-0.4, -0.2) is 32.9 Å². The number of aryl methyl sites for hydroxylation is 1. The number of H-pyrrole nitrogens is 1. The van der Waals surface area contributed by atoms with Gasteiger partial charge in [-0.2, -0.15) is 0 Å². The highest BCUT2D eigenvalue weighted by Gasteiger charge is 2.15. The van der Waals surface area contributed by atoms with Crippen LogP contribution in [0.5, 0.6) is 11.5 Å². The van der Waals surface area contributed by atoms with Crippen molar-refractivity contribution >= 4 is 34.6 Å². The van der Waals surface area contributed by atoms with Gasteiger partial charge in [0.05, 0.1) is 6.61 Å². The number of nitrogens with one attached hydrogen (secondary N) is 1. The second kappa shape index (κ2) is 10.9. The van der Waals surface area contributed by atoms with Gasteiger partial charge in [-0.25, -0.2) is 9.78 Å². The first-order valence-corrected chi connectivity index (χ1v) is 11.8. The fourth-order valence-corrected chi connectivity index (χ4v) is 4.17. The number of ether oxygens (including phenoxy) is 2. The number of fused-ring (bicyclic) bond motifs is 1. The Balaban J connectivity index is 1.56. The minimum Gasteiger partial charge on any atom is -0.490 e. The summed E-state index contributed by atoms with van der Waals surface area (Å²) in [4.78, 5) is 16.2. The molecule has 1 heterocycles. The van der Waals surface area contributed by atoms with E-state index in [1.807, 2.05) is 38.1 Å². The number of rotatable bonds is 10.